The minimum atomic E-state index is -0.652. The molecule has 164 valence electrons. The molecule has 0 aromatic heterocycles. The molecule has 0 saturated heterocycles. The molecule has 0 aromatic carbocycles. The molecule has 0 heterocycles. The van der Waals surface area contributed by atoms with Crippen molar-refractivity contribution in [1.29, 1.82) is 0 Å². The SMILES string of the molecule is CC=CCCC=CCC(C)(C(=O)O)C(C)CCCCCCCCCCCCC. The van der Waals surface area contributed by atoms with Crippen LogP contribution in [0.3, 0.4) is 0 Å². The van der Waals surface area contributed by atoms with Crippen LogP contribution in [0.2, 0.25) is 0 Å². The third kappa shape index (κ3) is 13.2. The molecule has 28 heavy (non-hydrogen) atoms. The topological polar surface area (TPSA) is 37.3 Å². The number of carboxylic acid groups (broad SMARTS) is 1. The number of rotatable bonds is 19. The third-order valence-electron chi connectivity index (χ3n) is 6.26. The van der Waals surface area contributed by atoms with Gasteiger partial charge in [0.2, 0.25) is 0 Å². The molecule has 0 aliphatic rings. The molecule has 2 unspecified atom stereocenters. The summed E-state index contributed by atoms with van der Waals surface area (Å²) >= 11 is 0. The highest BCUT2D eigenvalue weighted by molar-refractivity contribution is 5.74. The van der Waals surface area contributed by atoms with Gasteiger partial charge in [0.25, 0.3) is 0 Å². The van der Waals surface area contributed by atoms with Gasteiger partial charge in [-0.3, -0.25) is 4.79 Å². The van der Waals surface area contributed by atoms with Crippen LogP contribution in [0.25, 0.3) is 0 Å². The summed E-state index contributed by atoms with van der Waals surface area (Å²) in [6, 6.07) is 0. The van der Waals surface area contributed by atoms with Crippen molar-refractivity contribution in [3.8, 4) is 0 Å². The molecule has 0 amide bonds. The fraction of sp³-hybridized carbons (Fsp3) is 0.808. The van der Waals surface area contributed by atoms with Crippen LogP contribution in [0.1, 0.15) is 124 Å². The molecule has 0 aliphatic heterocycles. The van der Waals surface area contributed by atoms with E-state index in [4.69, 9.17) is 0 Å². The number of carbonyl (C=O) groups is 1. The predicted molar refractivity (Wildman–Crippen MR) is 124 cm³/mol. The lowest BCUT2D eigenvalue weighted by atomic mass is 9.73. The molecule has 0 rings (SSSR count). The number of hydrogen-bond donors (Lipinski definition) is 1. The maximum atomic E-state index is 11.9. The van der Waals surface area contributed by atoms with Crippen molar-refractivity contribution in [2.75, 3.05) is 0 Å². The number of unbranched alkanes of at least 4 members (excludes halogenated alkanes) is 11. The zero-order valence-corrected chi connectivity index (χ0v) is 19.3. The van der Waals surface area contributed by atoms with Crippen LogP contribution in [0, 0.1) is 11.3 Å². The van der Waals surface area contributed by atoms with Gasteiger partial charge < -0.3 is 5.11 Å². The van der Waals surface area contributed by atoms with E-state index >= 15 is 0 Å². The Hall–Kier alpha value is -1.05. The van der Waals surface area contributed by atoms with E-state index in [1.165, 1.54) is 64.2 Å². The van der Waals surface area contributed by atoms with E-state index in [-0.39, 0.29) is 5.92 Å². The third-order valence-corrected chi connectivity index (χ3v) is 6.26. The molecule has 2 atom stereocenters. The van der Waals surface area contributed by atoms with Gasteiger partial charge in [-0.2, -0.15) is 0 Å². The lowest BCUT2D eigenvalue weighted by Gasteiger charge is -2.30. The van der Waals surface area contributed by atoms with Crippen LogP contribution < -0.4 is 0 Å². The first-order chi connectivity index (χ1) is 13.5. The largest absolute Gasteiger partial charge is 0.481 e. The average Bonchev–Trinajstić information content (AvgIpc) is 2.68. The van der Waals surface area contributed by atoms with Gasteiger partial charge >= 0.3 is 5.97 Å². The van der Waals surface area contributed by atoms with Crippen LogP contribution in [-0.2, 0) is 4.79 Å². The normalized spacial score (nSPS) is 15.3. The summed E-state index contributed by atoms with van der Waals surface area (Å²) in [5.41, 5.74) is -0.643. The average molecular weight is 393 g/mol. The highest BCUT2D eigenvalue weighted by Gasteiger charge is 2.37. The second-order valence-electron chi connectivity index (χ2n) is 8.77. The van der Waals surface area contributed by atoms with Gasteiger partial charge in [-0.25, -0.2) is 0 Å². The molecular weight excluding hydrogens is 344 g/mol. The van der Waals surface area contributed by atoms with E-state index in [0.29, 0.717) is 6.42 Å². The molecule has 1 N–H and O–H groups in total. The molecule has 2 nitrogen and oxygen atoms in total. The fourth-order valence-corrected chi connectivity index (χ4v) is 3.74. The molecule has 0 radical (unpaired) electrons. The van der Waals surface area contributed by atoms with Crippen molar-refractivity contribution in [3.05, 3.63) is 24.3 Å². The Morgan fingerprint density at radius 3 is 1.86 bits per heavy atom. The van der Waals surface area contributed by atoms with Crippen molar-refractivity contribution in [2.45, 2.75) is 124 Å². The van der Waals surface area contributed by atoms with E-state index in [0.717, 1.165) is 25.7 Å². The van der Waals surface area contributed by atoms with Crippen LogP contribution in [-0.4, -0.2) is 11.1 Å². The van der Waals surface area contributed by atoms with E-state index < -0.39 is 11.4 Å². The van der Waals surface area contributed by atoms with Gasteiger partial charge in [-0.05, 0) is 45.4 Å². The summed E-state index contributed by atoms with van der Waals surface area (Å²) in [6.07, 6.45) is 26.8. The zero-order chi connectivity index (χ0) is 21.1. The van der Waals surface area contributed by atoms with Gasteiger partial charge in [0.05, 0.1) is 5.41 Å². The first-order valence-corrected chi connectivity index (χ1v) is 12.0. The van der Waals surface area contributed by atoms with E-state index in [2.05, 4.69) is 38.2 Å². The van der Waals surface area contributed by atoms with Gasteiger partial charge in [0.15, 0.2) is 0 Å². The van der Waals surface area contributed by atoms with Gasteiger partial charge in [0, 0.05) is 0 Å². The Morgan fingerprint density at radius 2 is 1.36 bits per heavy atom. The zero-order valence-electron chi connectivity index (χ0n) is 19.3. The van der Waals surface area contributed by atoms with Crippen LogP contribution >= 0.6 is 0 Å². The Bertz CT molecular complexity index is 424. The first kappa shape index (κ1) is 27.0. The van der Waals surface area contributed by atoms with Crippen molar-refractivity contribution in [1.82, 2.24) is 0 Å². The standard InChI is InChI=1S/C26H48O2/c1-5-7-9-11-13-14-15-16-17-18-20-22-24(3)26(4,25(27)28)23-21-19-12-10-8-6-2/h6,8,19,21,24H,5,7,9-18,20,22-23H2,1-4H3,(H,27,28). The van der Waals surface area contributed by atoms with Crippen LogP contribution in [0.5, 0.6) is 0 Å². The summed E-state index contributed by atoms with van der Waals surface area (Å²) in [5, 5.41) is 9.78. The van der Waals surface area contributed by atoms with Crippen molar-refractivity contribution < 1.29 is 9.90 Å². The molecule has 0 spiro atoms. The number of hydrogen-bond acceptors (Lipinski definition) is 1. The van der Waals surface area contributed by atoms with Gasteiger partial charge in [0.1, 0.15) is 0 Å². The fourth-order valence-electron chi connectivity index (χ4n) is 3.74. The maximum Gasteiger partial charge on any atom is 0.309 e. The van der Waals surface area contributed by atoms with Crippen molar-refractivity contribution in [3.63, 3.8) is 0 Å². The molecular formula is C26H48O2. The quantitative estimate of drug-likeness (QED) is 0.176. The molecule has 0 saturated carbocycles. The maximum absolute atomic E-state index is 11.9. The molecule has 2 heteroatoms. The van der Waals surface area contributed by atoms with Crippen LogP contribution in [0.4, 0.5) is 0 Å². The molecule has 0 aromatic rings. The highest BCUT2D eigenvalue weighted by atomic mass is 16.4. The summed E-state index contributed by atoms with van der Waals surface area (Å²) < 4.78 is 0. The first-order valence-electron chi connectivity index (χ1n) is 12.0. The summed E-state index contributed by atoms with van der Waals surface area (Å²) in [6.45, 7) is 8.34. The van der Waals surface area contributed by atoms with E-state index in [9.17, 15) is 9.90 Å². The van der Waals surface area contributed by atoms with E-state index in [1.807, 2.05) is 13.8 Å². The van der Waals surface area contributed by atoms with Crippen LogP contribution in [0.15, 0.2) is 24.3 Å². The Labute approximate surface area is 175 Å². The highest BCUT2D eigenvalue weighted by Crippen LogP contribution is 2.35. The number of aliphatic carboxylic acids is 1. The van der Waals surface area contributed by atoms with Gasteiger partial charge in [-0.15, -0.1) is 0 Å². The Balaban J connectivity index is 3.94. The van der Waals surface area contributed by atoms with Crippen molar-refractivity contribution >= 4 is 5.97 Å². The minimum Gasteiger partial charge on any atom is -0.481 e. The second-order valence-corrected chi connectivity index (χ2v) is 8.77. The smallest absolute Gasteiger partial charge is 0.309 e. The van der Waals surface area contributed by atoms with Crippen molar-refractivity contribution in [2.24, 2.45) is 11.3 Å². The number of allylic oxidation sites excluding steroid dienone is 4. The molecule has 0 fully saturated rings. The lowest BCUT2D eigenvalue weighted by molar-refractivity contribution is -0.151. The Kier molecular flexibility index (Phi) is 17.3. The summed E-state index contributed by atoms with van der Waals surface area (Å²) in [4.78, 5) is 11.9. The Morgan fingerprint density at radius 1 is 0.857 bits per heavy atom. The summed E-state index contributed by atoms with van der Waals surface area (Å²) in [7, 11) is 0. The number of carboxylic acids is 1. The lowest BCUT2D eigenvalue weighted by Crippen LogP contribution is -2.34. The minimum absolute atomic E-state index is 0.212. The predicted octanol–water partition coefficient (Wildman–Crippen LogP) is 8.72. The monoisotopic (exact) mass is 392 g/mol. The van der Waals surface area contributed by atoms with Gasteiger partial charge in [-0.1, -0.05) is 109 Å². The summed E-state index contributed by atoms with van der Waals surface area (Å²) in [5.74, 6) is -0.440. The second kappa shape index (κ2) is 18.0. The molecule has 0 bridgehead atoms. The van der Waals surface area contributed by atoms with E-state index in [1.54, 1.807) is 0 Å². The molecule has 0 aliphatic carbocycles.